The van der Waals surface area contributed by atoms with Crippen LogP contribution in [0, 0.1) is 5.82 Å². The van der Waals surface area contributed by atoms with E-state index in [0.717, 1.165) is 29.5 Å². The second-order valence-electron chi connectivity index (χ2n) is 4.36. The van der Waals surface area contributed by atoms with Gasteiger partial charge in [-0.2, -0.15) is 0 Å². The Morgan fingerprint density at radius 3 is 3.00 bits per heavy atom. The monoisotopic (exact) mass is 263 g/mol. The van der Waals surface area contributed by atoms with Crippen LogP contribution in [0.15, 0.2) is 36.9 Å². The molecule has 1 atom stereocenters. The van der Waals surface area contributed by atoms with Gasteiger partial charge in [0, 0.05) is 15.6 Å². The van der Waals surface area contributed by atoms with Crippen LogP contribution in [-0.4, -0.2) is 6.54 Å². The number of nitrogens with one attached hydrogen (secondary N) is 1. The zero-order valence-corrected chi connectivity index (χ0v) is 11.4. The molecule has 1 heterocycles. The van der Waals surface area contributed by atoms with Crippen molar-refractivity contribution in [1.29, 1.82) is 0 Å². The highest BCUT2D eigenvalue weighted by molar-refractivity contribution is 7.19. The number of benzene rings is 1. The molecule has 1 aromatic carbocycles. The van der Waals surface area contributed by atoms with E-state index in [2.05, 4.69) is 24.9 Å². The number of thiophene rings is 1. The third-order valence-corrected chi connectivity index (χ3v) is 4.10. The maximum absolute atomic E-state index is 13.2. The summed E-state index contributed by atoms with van der Waals surface area (Å²) in [5.74, 6) is -0.169. The molecular weight excluding hydrogens is 245 g/mol. The first-order valence-corrected chi connectivity index (χ1v) is 7.09. The van der Waals surface area contributed by atoms with E-state index in [1.165, 1.54) is 10.9 Å². The highest BCUT2D eigenvalue weighted by Gasteiger charge is 2.12. The van der Waals surface area contributed by atoms with Crippen molar-refractivity contribution in [3.63, 3.8) is 0 Å². The van der Waals surface area contributed by atoms with Crippen LogP contribution in [0.3, 0.4) is 0 Å². The minimum atomic E-state index is -0.169. The van der Waals surface area contributed by atoms with Gasteiger partial charge in [0.15, 0.2) is 0 Å². The summed E-state index contributed by atoms with van der Waals surface area (Å²) >= 11 is 1.66. The third kappa shape index (κ3) is 2.98. The molecule has 0 spiro atoms. The van der Waals surface area contributed by atoms with E-state index in [9.17, 15) is 4.39 Å². The van der Waals surface area contributed by atoms with Crippen LogP contribution < -0.4 is 5.32 Å². The lowest BCUT2D eigenvalue weighted by molar-refractivity contribution is 0.545. The van der Waals surface area contributed by atoms with Gasteiger partial charge in [0.1, 0.15) is 5.82 Å². The Bertz CT molecular complexity index is 532. The van der Waals surface area contributed by atoms with E-state index in [0.29, 0.717) is 6.04 Å². The lowest BCUT2D eigenvalue weighted by Crippen LogP contribution is -2.20. The van der Waals surface area contributed by atoms with Crippen molar-refractivity contribution in [2.24, 2.45) is 0 Å². The summed E-state index contributed by atoms with van der Waals surface area (Å²) in [6.07, 6.45) is 3.93. The summed E-state index contributed by atoms with van der Waals surface area (Å²) < 4.78 is 14.2. The number of fused-ring (bicyclic) bond motifs is 1. The lowest BCUT2D eigenvalue weighted by atomic mass is 10.1. The van der Waals surface area contributed by atoms with Gasteiger partial charge in [-0.15, -0.1) is 17.9 Å². The largest absolute Gasteiger partial charge is 0.309 e. The van der Waals surface area contributed by atoms with E-state index in [-0.39, 0.29) is 5.82 Å². The molecule has 0 fully saturated rings. The zero-order chi connectivity index (χ0) is 13.0. The summed E-state index contributed by atoms with van der Waals surface area (Å²) in [5, 5.41) is 4.62. The molecule has 3 heteroatoms. The summed E-state index contributed by atoms with van der Waals surface area (Å²) in [6, 6.07) is 7.41. The molecule has 0 amide bonds. The molecule has 18 heavy (non-hydrogen) atoms. The molecule has 1 unspecified atom stereocenters. The van der Waals surface area contributed by atoms with Gasteiger partial charge in [-0.1, -0.05) is 19.1 Å². The van der Waals surface area contributed by atoms with E-state index < -0.39 is 0 Å². The molecule has 0 saturated carbocycles. The molecule has 1 aromatic heterocycles. The van der Waals surface area contributed by atoms with Crippen LogP contribution in [0.4, 0.5) is 4.39 Å². The second kappa shape index (κ2) is 6.12. The fourth-order valence-corrected chi connectivity index (χ4v) is 3.16. The molecule has 0 radical (unpaired) electrons. The number of halogens is 1. The molecule has 0 saturated heterocycles. The lowest BCUT2D eigenvalue weighted by Gasteiger charge is -2.14. The first kappa shape index (κ1) is 13.2. The van der Waals surface area contributed by atoms with Crippen molar-refractivity contribution in [3.05, 3.63) is 47.6 Å². The van der Waals surface area contributed by atoms with E-state index in [1.807, 2.05) is 12.1 Å². The second-order valence-corrected chi connectivity index (χ2v) is 5.48. The van der Waals surface area contributed by atoms with Crippen molar-refractivity contribution in [2.45, 2.75) is 25.8 Å². The highest BCUT2D eigenvalue weighted by atomic mass is 32.1. The van der Waals surface area contributed by atoms with Gasteiger partial charge in [0.2, 0.25) is 0 Å². The maximum atomic E-state index is 13.2. The van der Waals surface area contributed by atoms with Gasteiger partial charge in [-0.05, 0) is 43.0 Å². The van der Waals surface area contributed by atoms with Gasteiger partial charge < -0.3 is 5.32 Å². The molecule has 0 aliphatic heterocycles. The van der Waals surface area contributed by atoms with Crippen molar-refractivity contribution in [2.75, 3.05) is 6.54 Å². The molecule has 1 N–H and O–H groups in total. The van der Waals surface area contributed by atoms with Crippen LogP contribution in [0.2, 0.25) is 0 Å². The quantitative estimate of drug-likeness (QED) is 0.748. The Balaban J connectivity index is 2.28. The summed E-state index contributed by atoms with van der Waals surface area (Å²) in [6.45, 7) is 6.95. The fraction of sp³-hybridized carbons (Fsp3) is 0.333. The van der Waals surface area contributed by atoms with Crippen molar-refractivity contribution in [3.8, 4) is 0 Å². The Morgan fingerprint density at radius 1 is 1.44 bits per heavy atom. The van der Waals surface area contributed by atoms with E-state index in [4.69, 9.17) is 0 Å². The molecule has 2 aromatic rings. The number of rotatable bonds is 6. The van der Waals surface area contributed by atoms with E-state index >= 15 is 0 Å². The molecule has 0 aliphatic rings. The predicted molar refractivity (Wildman–Crippen MR) is 77.6 cm³/mol. The fourth-order valence-electron chi connectivity index (χ4n) is 1.98. The standard InChI is InChI=1S/C15H18FNS/c1-3-5-13(17-8-4-2)15-9-11-6-7-12(16)10-14(11)18-15/h3,6-7,9-10,13,17H,1,4-5,8H2,2H3. The van der Waals surface area contributed by atoms with Gasteiger partial charge in [-0.3, -0.25) is 0 Å². The van der Waals surface area contributed by atoms with Crippen LogP contribution in [0.1, 0.15) is 30.7 Å². The Hall–Kier alpha value is -1.19. The SMILES string of the molecule is C=CCC(NCCC)c1cc2ccc(F)cc2s1. The highest BCUT2D eigenvalue weighted by Crippen LogP contribution is 2.32. The smallest absolute Gasteiger partial charge is 0.124 e. The number of hydrogen-bond acceptors (Lipinski definition) is 2. The first-order chi connectivity index (χ1) is 8.74. The van der Waals surface area contributed by atoms with Crippen LogP contribution in [-0.2, 0) is 0 Å². The molecular formula is C15H18FNS. The first-order valence-electron chi connectivity index (χ1n) is 6.28. The average molecular weight is 263 g/mol. The molecule has 2 rings (SSSR count). The molecule has 96 valence electrons. The van der Waals surface area contributed by atoms with Crippen LogP contribution >= 0.6 is 11.3 Å². The van der Waals surface area contributed by atoms with E-state index in [1.54, 1.807) is 17.4 Å². The Morgan fingerprint density at radius 2 is 2.28 bits per heavy atom. The van der Waals surface area contributed by atoms with Gasteiger partial charge >= 0.3 is 0 Å². The molecule has 0 aliphatic carbocycles. The summed E-state index contributed by atoms with van der Waals surface area (Å²) in [4.78, 5) is 1.25. The van der Waals surface area contributed by atoms with Crippen molar-refractivity contribution < 1.29 is 4.39 Å². The van der Waals surface area contributed by atoms with Gasteiger partial charge in [0.05, 0.1) is 0 Å². The normalized spacial score (nSPS) is 12.8. The summed E-state index contributed by atoms with van der Waals surface area (Å²) in [7, 11) is 0. The zero-order valence-electron chi connectivity index (χ0n) is 10.6. The van der Waals surface area contributed by atoms with Gasteiger partial charge in [0.25, 0.3) is 0 Å². The molecule has 1 nitrogen and oxygen atoms in total. The average Bonchev–Trinajstić information content (AvgIpc) is 2.77. The van der Waals surface area contributed by atoms with Crippen LogP contribution in [0.5, 0.6) is 0 Å². The Kier molecular flexibility index (Phi) is 4.50. The van der Waals surface area contributed by atoms with Crippen LogP contribution in [0.25, 0.3) is 10.1 Å². The topological polar surface area (TPSA) is 12.0 Å². The minimum absolute atomic E-state index is 0.169. The maximum Gasteiger partial charge on any atom is 0.124 e. The predicted octanol–water partition coefficient (Wildman–Crippen LogP) is 4.66. The number of hydrogen-bond donors (Lipinski definition) is 1. The van der Waals surface area contributed by atoms with Crippen molar-refractivity contribution >= 4 is 21.4 Å². The Labute approximate surface area is 111 Å². The minimum Gasteiger partial charge on any atom is -0.309 e. The summed E-state index contributed by atoms with van der Waals surface area (Å²) in [5.41, 5.74) is 0. The van der Waals surface area contributed by atoms with Gasteiger partial charge in [-0.25, -0.2) is 4.39 Å². The molecule has 0 bridgehead atoms. The third-order valence-electron chi connectivity index (χ3n) is 2.89. The van der Waals surface area contributed by atoms with Crippen molar-refractivity contribution in [1.82, 2.24) is 5.32 Å².